The lowest BCUT2D eigenvalue weighted by Gasteiger charge is -2.20. The summed E-state index contributed by atoms with van der Waals surface area (Å²) in [5, 5.41) is 12.9. The summed E-state index contributed by atoms with van der Waals surface area (Å²) >= 11 is 0. The minimum Gasteiger partial charge on any atom is -0.482 e. The van der Waals surface area contributed by atoms with Crippen molar-refractivity contribution in [3.63, 3.8) is 0 Å². The SMILES string of the molecule is CCCCCCC(O)c1ccc2c(c1)NC(=O)CO2. The van der Waals surface area contributed by atoms with Gasteiger partial charge in [-0.3, -0.25) is 4.79 Å². The van der Waals surface area contributed by atoms with Crippen LogP contribution in [0.5, 0.6) is 5.75 Å². The fourth-order valence-corrected chi connectivity index (χ4v) is 2.24. The Hall–Kier alpha value is -1.55. The van der Waals surface area contributed by atoms with Crippen molar-refractivity contribution in [2.45, 2.75) is 45.1 Å². The van der Waals surface area contributed by atoms with E-state index in [0.717, 1.165) is 24.8 Å². The zero-order valence-electron chi connectivity index (χ0n) is 11.3. The van der Waals surface area contributed by atoms with E-state index in [0.29, 0.717) is 11.4 Å². The zero-order valence-corrected chi connectivity index (χ0v) is 11.3. The second kappa shape index (κ2) is 6.57. The molecular weight excluding hydrogens is 242 g/mol. The maximum atomic E-state index is 11.3. The van der Waals surface area contributed by atoms with Gasteiger partial charge in [0.05, 0.1) is 11.8 Å². The Kier molecular flexibility index (Phi) is 4.80. The quantitative estimate of drug-likeness (QED) is 0.776. The number of nitrogens with one attached hydrogen (secondary N) is 1. The molecule has 1 aliphatic rings. The van der Waals surface area contributed by atoms with E-state index in [1.807, 2.05) is 6.07 Å². The van der Waals surface area contributed by atoms with Crippen LogP contribution in [0.2, 0.25) is 0 Å². The zero-order chi connectivity index (χ0) is 13.7. The van der Waals surface area contributed by atoms with Gasteiger partial charge in [-0.05, 0) is 24.1 Å². The molecule has 0 aromatic heterocycles. The predicted molar refractivity (Wildman–Crippen MR) is 74.3 cm³/mol. The van der Waals surface area contributed by atoms with Gasteiger partial charge in [0.2, 0.25) is 0 Å². The van der Waals surface area contributed by atoms with E-state index in [9.17, 15) is 9.90 Å². The van der Waals surface area contributed by atoms with Crippen LogP contribution >= 0.6 is 0 Å². The third-order valence-corrected chi connectivity index (χ3v) is 3.35. The first kappa shape index (κ1) is 13.9. The van der Waals surface area contributed by atoms with Gasteiger partial charge in [-0.25, -0.2) is 0 Å². The Labute approximate surface area is 113 Å². The van der Waals surface area contributed by atoms with Gasteiger partial charge in [0.1, 0.15) is 5.75 Å². The molecule has 0 fully saturated rings. The van der Waals surface area contributed by atoms with Crippen LogP contribution in [-0.2, 0) is 4.79 Å². The van der Waals surface area contributed by atoms with E-state index < -0.39 is 6.10 Å². The van der Waals surface area contributed by atoms with Gasteiger partial charge in [0.25, 0.3) is 5.91 Å². The van der Waals surface area contributed by atoms with Crippen molar-refractivity contribution >= 4 is 11.6 Å². The largest absolute Gasteiger partial charge is 0.482 e. The van der Waals surface area contributed by atoms with Crippen LogP contribution in [0.3, 0.4) is 0 Å². The Morgan fingerprint density at radius 1 is 1.37 bits per heavy atom. The van der Waals surface area contributed by atoms with Gasteiger partial charge in [-0.1, -0.05) is 38.7 Å². The second-order valence-electron chi connectivity index (χ2n) is 4.96. The topological polar surface area (TPSA) is 58.6 Å². The maximum Gasteiger partial charge on any atom is 0.262 e. The van der Waals surface area contributed by atoms with Crippen molar-refractivity contribution in [3.8, 4) is 5.75 Å². The number of aliphatic hydroxyl groups is 1. The number of unbranched alkanes of at least 4 members (excludes halogenated alkanes) is 3. The van der Waals surface area contributed by atoms with Crippen molar-refractivity contribution in [1.29, 1.82) is 0 Å². The smallest absolute Gasteiger partial charge is 0.262 e. The summed E-state index contributed by atoms with van der Waals surface area (Å²) in [7, 11) is 0. The van der Waals surface area contributed by atoms with E-state index in [4.69, 9.17) is 4.74 Å². The van der Waals surface area contributed by atoms with Gasteiger partial charge in [0, 0.05) is 0 Å². The number of hydrogen-bond acceptors (Lipinski definition) is 3. The van der Waals surface area contributed by atoms with E-state index in [2.05, 4.69) is 12.2 Å². The molecule has 1 unspecified atom stereocenters. The normalized spacial score (nSPS) is 15.4. The molecule has 1 heterocycles. The minimum atomic E-state index is -0.471. The van der Waals surface area contributed by atoms with Crippen LogP contribution in [-0.4, -0.2) is 17.6 Å². The standard InChI is InChI=1S/C15H21NO3/c1-2-3-4-5-6-13(17)11-7-8-14-12(9-11)16-15(18)10-19-14/h7-9,13,17H,2-6,10H2,1H3,(H,16,18). The lowest BCUT2D eigenvalue weighted by atomic mass is 10.0. The lowest BCUT2D eigenvalue weighted by Crippen LogP contribution is -2.25. The van der Waals surface area contributed by atoms with Crippen LogP contribution in [0.4, 0.5) is 5.69 Å². The molecule has 0 saturated heterocycles. The highest BCUT2D eigenvalue weighted by atomic mass is 16.5. The van der Waals surface area contributed by atoms with Crippen molar-refractivity contribution in [1.82, 2.24) is 0 Å². The highest BCUT2D eigenvalue weighted by molar-refractivity contribution is 5.95. The minimum absolute atomic E-state index is 0.0614. The Morgan fingerprint density at radius 2 is 2.21 bits per heavy atom. The number of anilines is 1. The molecule has 0 saturated carbocycles. The fraction of sp³-hybridized carbons (Fsp3) is 0.533. The van der Waals surface area contributed by atoms with Crippen LogP contribution in [0, 0.1) is 0 Å². The number of fused-ring (bicyclic) bond motifs is 1. The summed E-state index contributed by atoms with van der Waals surface area (Å²) in [6.45, 7) is 2.23. The summed E-state index contributed by atoms with van der Waals surface area (Å²) in [5.41, 5.74) is 1.49. The molecule has 1 aromatic carbocycles. The Morgan fingerprint density at radius 3 is 3.00 bits per heavy atom. The number of amides is 1. The van der Waals surface area contributed by atoms with Gasteiger partial charge < -0.3 is 15.2 Å². The molecule has 0 spiro atoms. The molecule has 0 bridgehead atoms. The molecular formula is C15H21NO3. The van der Waals surface area contributed by atoms with Crippen molar-refractivity contribution in [2.24, 2.45) is 0 Å². The molecule has 2 rings (SSSR count). The molecule has 104 valence electrons. The number of carbonyl (C=O) groups is 1. The number of rotatable bonds is 6. The first-order chi connectivity index (χ1) is 9.20. The molecule has 1 amide bonds. The molecule has 0 aliphatic carbocycles. The average molecular weight is 263 g/mol. The van der Waals surface area contributed by atoms with Crippen molar-refractivity contribution in [3.05, 3.63) is 23.8 Å². The number of carbonyl (C=O) groups excluding carboxylic acids is 1. The molecule has 4 heteroatoms. The predicted octanol–water partition coefficient (Wildman–Crippen LogP) is 3.02. The maximum absolute atomic E-state index is 11.3. The van der Waals surface area contributed by atoms with Crippen molar-refractivity contribution < 1.29 is 14.6 Å². The number of benzene rings is 1. The summed E-state index contributed by atoms with van der Waals surface area (Å²) in [6.07, 6.45) is 4.86. The fourth-order valence-electron chi connectivity index (χ4n) is 2.24. The first-order valence-electron chi connectivity index (χ1n) is 6.95. The Bertz CT molecular complexity index is 445. The summed E-state index contributed by atoms with van der Waals surface area (Å²) in [5.74, 6) is 0.517. The van der Waals surface area contributed by atoms with Gasteiger partial charge in [0.15, 0.2) is 6.61 Å². The highest BCUT2D eigenvalue weighted by Gasteiger charge is 2.17. The molecule has 1 aliphatic heterocycles. The molecule has 1 aromatic rings. The third kappa shape index (κ3) is 3.70. The van der Waals surface area contributed by atoms with Crippen LogP contribution in [0.25, 0.3) is 0 Å². The van der Waals surface area contributed by atoms with Gasteiger partial charge >= 0.3 is 0 Å². The van der Waals surface area contributed by atoms with Crippen LogP contribution < -0.4 is 10.1 Å². The first-order valence-corrected chi connectivity index (χ1v) is 6.95. The molecule has 0 radical (unpaired) electrons. The third-order valence-electron chi connectivity index (χ3n) is 3.35. The van der Waals surface area contributed by atoms with Crippen LogP contribution in [0.1, 0.15) is 50.7 Å². The van der Waals surface area contributed by atoms with Crippen LogP contribution in [0.15, 0.2) is 18.2 Å². The lowest BCUT2D eigenvalue weighted by molar-refractivity contribution is -0.118. The van der Waals surface area contributed by atoms with E-state index in [-0.39, 0.29) is 12.5 Å². The van der Waals surface area contributed by atoms with E-state index in [1.165, 1.54) is 12.8 Å². The monoisotopic (exact) mass is 263 g/mol. The highest BCUT2D eigenvalue weighted by Crippen LogP contribution is 2.31. The van der Waals surface area contributed by atoms with E-state index >= 15 is 0 Å². The molecule has 2 N–H and O–H groups in total. The summed E-state index contributed by atoms with van der Waals surface area (Å²) < 4.78 is 5.29. The Balaban J connectivity index is 1.96. The second-order valence-corrected chi connectivity index (χ2v) is 4.96. The van der Waals surface area contributed by atoms with Crippen molar-refractivity contribution in [2.75, 3.05) is 11.9 Å². The average Bonchev–Trinajstić information content (AvgIpc) is 2.42. The number of hydrogen-bond donors (Lipinski definition) is 2. The number of ether oxygens (including phenoxy) is 1. The summed E-state index contributed by atoms with van der Waals surface area (Å²) in [4.78, 5) is 11.3. The van der Waals surface area contributed by atoms with Gasteiger partial charge in [-0.15, -0.1) is 0 Å². The van der Waals surface area contributed by atoms with Gasteiger partial charge in [-0.2, -0.15) is 0 Å². The molecule has 19 heavy (non-hydrogen) atoms. The molecule has 4 nitrogen and oxygen atoms in total. The number of aliphatic hydroxyl groups excluding tert-OH is 1. The molecule has 1 atom stereocenters. The summed E-state index contributed by atoms with van der Waals surface area (Å²) in [6, 6.07) is 5.47. The van der Waals surface area contributed by atoms with E-state index in [1.54, 1.807) is 12.1 Å².